The second kappa shape index (κ2) is 11.3. The molecule has 1 atom stereocenters. The first-order valence-corrected chi connectivity index (χ1v) is 11.0. The monoisotopic (exact) mass is 468 g/mol. The van der Waals surface area contributed by atoms with Gasteiger partial charge in [0.15, 0.2) is 0 Å². The zero-order valence-electron chi connectivity index (χ0n) is 19.2. The first-order chi connectivity index (χ1) is 16.3. The van der Waals surface area contributed by atoms with Crippen LogP contribution in [0, 0.1) is 0 Å². The number of likely N-dealkylation sites (N-methyl/N-ethyl adjacent to an activating group) is 1. The van der Waals surface area contributed by atoms with Crippen molar-refractivity contribution in [2.75, 3.05) is 26.8 Å². The van der Waals surface area contributed by atoms with E-state index < -0.39 is 36.4 Å². The third-order valence-electron chi connectivity index (χ3n) is 5.82. The predicted octanol–water partition coefficient (Wildman–Crippen LogP) is 2.78. The summed E-state index contributed by atoms with van der Waals surface area (Å²) in [7, 11) is 1.24. The van der Waals surface area contributed by atoms with Gasteiger partial charge in [0.05, 0.1) is 20.0 Å². The summed E-state index contributed by atoms with van der Waals surface area (Å²) >= 11 is 0. The Hall–Kier alpha value is -3.88. The quantitative estimate of drug-likeness (QED) is 0.514. The van der Waals surface area contributed by atoms with Crippen molar-refractivity contribution in [1.29, 1.82) is 0 Å². The number of methoxy groups -OCH3 is 1. The number of hydrogen-bond acceptors (Lipinski definition) is 6. The van der Waals surface area contributed by atoms with Gasteiger partial charge in [-0.25, -0.2) is 4.79 Å². The standard InChI is InChI=1S/C25H28N2O7/c1-3-27(13-12-23(30)33-2)24(31)21(14-22(28)29)26-25(32)34-15-20-18-10-6-4-8-16(18)17-9-5-7-11-19(17)20/h4-11,20-21H,3,12-15H2,1-2H3,(H,26,32)(H,28,29). The van der Waals surface area contributed by atoms with E-state index >= 15 is 0 Å². The summed E-state index contributed by atoms with van der Waals surface area (Å²) in [5.74, 6) is -2.52. The summed E-state index contributed by atoms with van der Waals surface area (Å²) in [4.78, 5) is 49.5. The molecule has 0 saturated carbocycles. The first kappa shape index (κ1) is 24.8. The molecular formula is C25H28N2O7. The number of hydrogen-bond donors (Lipinski definition) is 2. The van der Waals surface area contributed by atoms with Crippen molar-refractivity contribution < 1.29 is 33.8 Å². The van der Waals surface area contributed by atoms with Crippen LogP contribution in [0.1, 0.15) is 36.8 Å². The molecule has 3 rings (SSSR count). The number of benzene rings is 2. The highest BCUT2D eigenvalue weighted by atomic mass is 16.5. The molecule has 0 aromatic heterocycles. The number of rotatable bonds is 10. The van der Waals surface area contributed by atoms with E-state index in [2.05, 4.69) is 10.1 Å². The molecule has 9 heteroatoms. The zero-order chi connectivity index (χ0) is 24.7. The number of carboxylic acid groups (broad SMARTS) is 1. The maximum atomic E-state index is 12.9. The molecule has 0 aliphatic heterocycles. The van der Waals surface area contributed by atoms with Crippen molar-refractivity contribution in [3.63, 3.8) is 0 Å². The van der Waals surface area contributed by atoms with Crippen molar-refractivity contribution in [3.8, 4) is 11.1 Å². The molecule has 2 amide bonds. The zero-order valence-corrected chi connectivity index (χ0v) is 19.2. The highest BCUT2D eigenvalue weighted by Crippen LogP contribution is 2.44. The number of aliphatic carboxylic acids is 1. The van der Waals surface area contributed by atoms with Gasteiger partial charge in [-0.15, -0.1) is 0 Å². The number of nitrogens with one attached hydrogen (secondary N) is 1. The molecule has 0 fully saturated rings. The van der Waals surface area contributed by atoms with Crippen LogP contribution in [0.2, 0.25) is 0 Å². The van der Waals surface area contributed by atoms with E-state index in [0.717, 1.165) is 22.3 Å². The number of carbonyl (C=O) groups is 4. The minimum Gasteiger partial charge on any atom is -0.481 e. The number of esters is 1. The fraction of sp³-hybridized carbons (Fsp3) is 0.360. The molecule has 0 spiro atoms. The van der Waals surface area contributed by atoms with Gasteiger partial charge in [-0.3, -0.25) is 14.4 Å². The second-order valence-electron chi connectivity index (χ2n) is 7.86. The van der Waals surface area contributed by atoms with E-state index in [1.54, 1.807) is 6.92 Å². The highest BCUT2D eigenvalue weighted by Gasteiger charge is 2.31. The average Bonchev–Trinajstić information content (AvgIpc) is 3.15. The Kier molecular flexibility index (Phi) is 8.24. The number of amides is 2. The van der Waals surface area contributed by atoms with Gasteiger partial charge in [-0.1, -0.05) is 48.5 Å². The van der Waals surface area contributed by atoms with E-state index in [9.17, 15) is 24.3 Å². The summed E-state index contributed by atoms with van der Waals surface area (Å²) in [6.45, 7) is 2.01. The van der Waals surface area contributed by atoms with E-state index in [1.165, 1.54) is 12.0 Å². The molecule has 2 N–H and O–H groups in total. The fourth-order valence-corrected chi connectivity index (χ4v) is 4.13. The van der Waals surface area contributed by atoms with Crippen LogP contribution in [-0.2, 0) is 23.9 Å². The number of ether oxygens (including phenoxy) is 2. The van der Waals surface area contributed by atoms with Crippen LogP contribution >= 0.6 is 0 Å². The minimum absolute atomic E-state index is 0.0354. The lowest BCUT2D eigenvalue weighted by atomic mass is 9.98. The molecule has 0 radical (unpaired) electrons. The molecule has 2 aromatic carbocycles. The smallest absolute Gasteiger partial charge is 0.407 e. The Balaban J connectivity index is 1.67. The normalized spacial score (nSPS) is 12.8. The van der Waals surface area contributed by atoms with Crippen molar-refractivity contribution in [1.82, 2.24) is 10.2 Å². The van der Waals surface area contributed by atoms with E-state index in [4.69, 9.17) is 4.74 Å². The van der Waals surface area contributed by atoms with Crippen LogP contribution < -0.4 is 5.32 Å². The van der Waals surface area contributed by atoms with E-state index in [1.807, 2.05) is 48.5 Å². The molecule has 0 heterocycles. The van der Waals surface area contributed by atoms with Crippen LogP contribution in [0.4, 0.5) is 4.79 Å². The van der Waals surface area contributed by atoms with E-state index in [0.29, 0.717) is 0 Å². The lowest BCUT2D eigenvalue weighted by Crippen LogP contribution is -2.50. The first-order valence-electron chi connectivity index (χ1n) is 11.0. The number of alkyl carbamates (subject to hydrolysis) is 1. The Morgan fingerprint density at radius 1 is 1.03 bits per heavy atom. The van der Waals surface area contributed by atoms with Gasteiger partial charge in [0.25, 0.3) is 0 Å². The van der Waals surface area contributed by atoms with Crippen molar-refractivity contribution in [3.05, 3.63) is 59.7 Å². The molecule has 9 nitrogen and oxygen atoms in total. The molecule has 34 heavy (non-hydrogen) atoms. The van der Waals surface area contributed by atoms with Crippen molar-refractivity contribution in [2.45, 2.75) is 31.7 Å². The highest BCUT2D eigenvalue weighted by molar-refractivity contribution is 5.89. The fourth-order valence-electron chi connectivity index (χ4n) is 4.13. The number of fused-ring (bicyclic) bond motifs is 3. The van der Waals surface area contributed by atoms with Gasteiger partial charge < -0.3 is 24.8 Å². The van der Waals surface area contributed by atoms with Crippen LogP contribution in [0.15, 0.2) is 48.5 Å². The topological polar surface area (TPSA) is 122 Å². The lowest BCUT2D eigenvalue weighted by molar-refractivity contribution is -0.144. The molecule has 2 aromatic rings. The van der Waals surface area contributed by atoms with Crippen LogP contribution in [0.5, 0.6) is 0 Å². The van der Waals surface area contributed by atoms with Gasteiger partial charge in [0, 0.05) is 19.0 Å². The van der Waals surface area contributed by atoms with Crippen molar-refractivity contribution >= 4 is 23.9 Å². The molecule has 1 aliphatic carbocycles. The summed E-state index contributed by atoms with van der Waals surface area (Å²) in [5.41, 5.74) is 4.23. The Labute approximate surface area is 197 Å². The summed E-state index contributed by atoms with van der Waals surface area (Å²) in [6, 6.07) is 14.4. The van der Waals surface area contributed by atoms with Gasteiger partial charge in [0.1, 0.15) is 12.6 Å². The lowest BCUT2D eigenvalue weighted by Gasteiger charge is -2.26. The van der Waals surface area contributed by atoms with Crippen molar-refractivity contribution in [2.24, 2.45) is 0 Å². The Morgan fingerprint density at radius 2 is 1.62 bits per heavy atom. The molecule has 180 valence electrons. The molecule has 1 unspecified atom stereocenters. The van der Waals surface area contributed by atoms with Gasteiger partial charge in [-0.05, 0) is 29.2 Å². The van der Waals surface area contributed by atoms with Crippen LogP contribution in [0.25, 0.3) is 11.1 Å². The molecule has 1 aliphatic rings. The third kappa shape index (κ3) is 5.72. The third-order valence-corrected chi connectivity index (χ3v) is 5.82. The van der Waals surface area contributed by atoms with Crippen LogP contribution in [0.3, 0.4) is 0 Å². The average molecular weight is 469 g/mol. The molecular weight excluding hydrogens is 440 g/mol. The maximum Gasteiger partial charge on any atom is 0.407 e. The Morgan fingerprint density at radius 3 is 2.15 bits per heavy atom. The molecule has 0 saturated heterocycles. The Bertz CT molecular complexity index is 1020. The van der Waals surface area contributed by atoms with Crippen LogP contribution in [-0.4, -0.2) is 66.8 Å². The predicted molar refractivity (Wildman–Crippen MR) is 123 cm³/mol. The minimum atomic E-state index is -1.33. The number of carbonyl (C=O) groups excluding carboxylic acids is 3. The van der Waals surface area contributed by atoms with Gasteiger partial charge in [-0.2, -0.15) is 0 Å². The SMILES string of the molecule is CCN(CCC(=O)OC)C(=O)C(CC(=O)O)NC(=O)OCC1c2ccccc2-c2ccccc21. The largest absolute Gasteiger partial charge is 0.481 e. The summed E-state index contributed by atoms with van der Waals surface area (Å²) < 4.78 is 10.0. The summed E-state index contributed by atoms with van der Waals surface area (Å²) in [5, 5.41) is 11.6. The summed E-state index contributed by atoms with van der Waals surface area (Å²) in [6.07, 6.45) is -1.54. The second-order valence-corrected chi connectivity index (χ2v) is 7.86. The molecule has 0 bridgehead atoms. The number of nitrogens with zero attached hydrogens (tertiary/aromatic N) is 1. The number of carboxylic acids is 1. The maximum absolute atomic E-state index is 12.9. The van der Waals surface area contributed by atoms with Gasteiger partial charge >= 0.3 is 18.0 Å². The van der Waals surface area contributed by atoms with E-state index in [-0.39, 0.29) is 32.0 Å². The van der Waals surface area contributed by atoms with Gasteiger partial charge in [0.2, 0.25) is 5.91 Å².